The van der Waals surface area contributed by atoms with E-state index in [4.69, 9.17) is 0 Å². The molecule has 0 unspecified atom stereocenters. The fourth-order valence-electron chi connectivity index (χ4n) is 1.63. The van der Waals surface area contributed by atoms with Crippen LogP contribution in [0.5, 0.6) is 0 Å². The van der Waals surface area contributed by atoms with Gasteiger partial charge in [0.05, 0.1) is 0 Å². The van der Waals surface area contributed by atoms with Gasteiger partial charge in [-0.1, -0.05) is 29.8 Å². The lowest BCUT2D eigenvalue weighted by atomic mass is 10.2. The molecule has 0 spiro atoms. The lowest BCUT2D eigenvalue weighted by Gasteiger charge is -2.00. The first-order valence-electron chi connectivity index (χ1n) is 5.02. The van der Waals surface area contributed by atoms with Gasteiger partial charge >= 0.3 is 0 Å². The Hall–Kier alpha value is -1.50. The van der Waals surface area contributed by atoms with E-state index in [1.54, 1.807) is 0 Å². The number of benzene rings is 1. The van der Waals surface area contributed by atoms with Crippen LogP contribution >= 0.6 is 0 Å². The minimum atomic E-state index is 1.15. The minimum Gasteiger partial charge on any atom is -0.361 e. The maximum Gasteiger partial charge on any atom is 0.0379 e. The third-order valence-electron chi connectivity index (χ3n) is 2.44. The Labute approximate surface area is 85.2 Å². The van der Waals surface area contributed by atoms with Gasteiger partial charge in [0, 0.05) is 11.9 Å². The third-order valence-corrected chi connectivity index (χ3v) is 2.44. The van der Waals surface area contributed by atoms with Crippen LogP contribution in [0.25, 0.3) is 0 Å². The van der Waals surface area contributed by atoms with Crippen molar-refractivity contribution < 1.29 is 0 Å². The lowest BCUT2D eigenvalue weighted by molar-refractivity contribution is 1.01. The van der Waals surface area contributed by atoms with Crippen molar-refractivity contribution in [3.63, 3.8) is 0 Å². The number of hydrogen-bond donors (Lipinski definition) is 1. The van der Waals surface area contributed by atoms with E-state index in [1.807, 2.05) is 18.2 Å². The SMILES string of the molecule is CC1=C/C(=C/Nc2ccccc2)CC1. The number of anilines is 1. The first kappa shape index (κ1) is 9.07. The van der Waals surface area contributed by atoms with Crippen LogP contribution in [-0.2, 0) is 0 Å². The Morgan fingerprint density at radius 2 is 1.93 bits per heavy atom. The van der Waals surface area contributed by atoms with E-state index in [1.165, 1.54) is 24.0 Å². The minimum absolute atomic E-state index is 1.15. The average molecular weight is 185 g/mol. The Morgan fingerprint density at radius 1 is 1.14 bits per heavy atom. The predicted molar refractivity (Wildman–Crippen MR) is 61.1 cm³/mol. The standard InChI is InChI=1S/C13H15N/c1-11-7-8-12(9-11)10-14-13-5-3-2-4-6-13/h2-6,9-10,14H,7-8H2,1H3/b12-10+. The fraction of sp³-hybridized carbons (Fsp3) is 0.231. The molecule has 1 heteroatoms. The second-order valence-corrected chi connectivity index (χ2v) is 3.72. The van der Waals surface area contributed by atoms with E-state index in [2.05, 4.69) is 36.6 Å². The van der Waals surface area contributed by atoms with Gasteiger partial charge in [-0.25, -0.2) is 0 Å². The molecule has 14 heavy (non-hydrogen) atoms. The van der Waals surface area contributed by atoms with Gasteiger partial charge in [0.1, 0.15) is 0 Å². The molecule has 1 aromatic rings. The van der Waals surface area contributed by atoms with Crippen LogP contribution in [0.4, 0.5) is 5.69 Å². The molecule has 1 aliphatic rings. The zero-order valence-corrected chi connectivity index (χ0v) is 8.46. The van der Waals surface area contributed by atoms with Crippen molar-refractivity contribution in [1.82, 2.24) is 0 Å². The Bertz CT molecular complexity index is 360. The van der Waals surface area contributed by atoms with Crippen LogP contribution < -0.4 is 5.32 Å². The van der Waals surface area contributed by atoms with Crippen LogP contribution in [0.1, 0.15) is 19.8 Å². The van der Waals surface area contributed by atoms with Crippen LogP contribution in [0.15, 0.2) is 53.8 Å². The van der Waals surface area contributed by atoms with Crippen molar-refractivity contribution in [1.29, 1.82) is 0 Å². The molecule has 0 bridgehead atoms. The monoisotopic (exact) mass is 185 g/mol. The normalized spacial score (nSPS) is 18.4. The highest BCUT2D eigenvalue weighted by molar-refractivity contribution is 5.47. The van der Waals surface area contributed by atoms with Gasteiger partial charge in [-0.3, -0.25) is 0 Å². The molecule has 1 aliphatic carbocycles. The maximum absolute atomic E-state index is 3.30. The highest BCUT2D eigenvalue weighted by Gasteiger charge is 2.03. The van der Waals surface area contributed by atoms with E-state index in [9.17, 15) is 0 Å². The first-order valence-corrected chi connectivity index (χ1v) is 5.02. The summed E-state index contributed by atoms with van der Waals surface area (Å²) in [5.74, 6) is 0. The maximum atomic E-state index is 3.30. The Balaban J connectivity index is 2.01. The molecule has 0 amide bonds. The molecule has 0 aliphatic heterocycles. The van der Waals surface area contributed by atoms with Gasteiger partial charge in [-0.15, -0.1) is 0 Å². The second kappa shape index (κ2) is 4.14. The van der Waals surface area contributed by atoms with Crippen molar-refractivity contribution in [2.75, 3.05) is 5.32 Å². The average Bonchev–Trinajstić information content (AvgIpc) is 2.63. The predicted octanol–water partition coefficient (Wildman–Crippen LogP) is 3.72. The topological polar surface area (TPSA) is 12.0 Å². The Kier molecular flexibility index (Phi) is 2.68. The smallest absolute Gasteiger partial charge is 0.0379 e. The van der Waals surface area contributed by atoms with Crippen LogP contribution in [0.2, 0.25) is 0 Å². The van der Waals surface area contributed by atoms with Gasteiger partial charge in [0.2, 0.25) is 0 Å². The molecule has 0 atom stereocenters. The first-order chi connectivity index (χ1) is 6.84. The van der Waals surface area contributed by atoms with Gasteiger partial charge < -0.3 is 5.32 Å². The molecule has 72 valence electrons. The Morgan fingerprint density at radius 3 is 2.57 bits per heavy atom. The zero-order valence-electron chi connectivity index (χ0n) is 8.46. The summed E-state index contributed by atoms with van der Waals surface area (Å²) in [7, 11) is 0. The second-order valence-electron chi connectivity index (χ2n) is 3.72. The van der Waals surface area contributed by atoms with Crippen molar-refractivity contribution in [2.45, 2.75) is 19.8 Å². The van der Waals surface area contributed by atoms with Crippen molar-refractivity contribution in [3.05, 3.63) is 53.8 Å². The van der Waals surface area contributed by atoms with Gasteiger partial charge in [-0.05, 0) is 37.5 Å². The van der Waals surface area contributed by atoms with Gasteiger partial charge in [0.25, 0.3) is 0 Å². The molecule has 0 saturated carbocycles. The molecule has 0 heterocycles. The fourth-order valence-corrected chi connectivity index (χ4v) is 1.63. The highest BCUT2D eigenvalue weighted by atomic mass is 14.8. The summed E-state index contributed by atoms with van der Waals surface area (Å²) >= 11 is 0. The molecule has 0 aromatic heterocycles. The van der Waals surface area contributed by atoms with Crippen molar-refractivity contribution >= 4 is 5.69 Å². The number of allylic oxidation sites excluding steroid dienone is 3. The molecule has 1 aromatic carbocycles. The molecule has 2 rings (SSSR count). The molecular formula is C13H15N. The molecule has 1 N–H and O–H groups in total. The summed E-state index contributed by atoms with van der Waals surface area (Å²) < 4.78 is 0. The quantitative estimate of drug-likeness (QED) is 0.740. The molecule has 1 nitrogen and oxygen atoms in total. The summed E-state index contributed by atoms with van der Waals surface area (Å²) in [6.07, 6.45) is 6.75. The summed E-state index contributed by atoms with van der Waals surface area (Å²) in [6, 6.07) is 10.2. The van der Waals surface area contributed by atoms with Crippen LogP contribution in [-0.4, -0.2) is 0 Å². The lowest BCUT2D eigenvalue weighted by Crippen LogP contribution is -1.88. The van der Waals surface area contributed by atoms with Gasteiger partial charge in [0.15, 0.2) is 0 Å². The molecule has 0 fully saturated rings. The van der Waals surface area contributed by atoms with E-state index in [0.717, 1.165) is 5.69 Å². The summed E-state index contributed by atoms with van der Waals surface area (Å²) in [4.78, 5) is 0. The largest absolute Gasteiger partial charge is 0.361 e. The number of para-hydroxylation sites is 1. The van der Waals surface area contributed by atoms with Crippen LogP contribution in [0.3, 0.4) is 0 Å². The highest BCUT2D eigenvalue weighted by Crippen LogP contribution is 2.22. The summed E-state index contributed by atoms with van der Waals surface area (Å²) in [6.45, 7) is 2.18. The summed E-state index contributed by atoms with van der Waals surface area (Å²) in [5, 5.41) is 3.30. The van der Waals surface area contributed by atoms with Crippen molar-refractivity contribution in [3.8, 4) is 0 Å². The molecule has 0 saturated heterocycles. The van der Waals surface area contributed by atoms with E-state index in [-0.39, 0.29) is 0 Å². The van der Waals surface area contributed by atoms with E-state index < -0.39 is 0 Å². The zero-order chi connectivity index (χ0) is 9.80. The number of hydrogen-bond acceptors (Lipinski definition) is 1. The molecular weight excluding hydrogens is 170 g/mol. The summed E-state index contributed by atoms with van der Waals surface area (Å²) in [5.41, 5.74) is 4.02. The van der Waals surface area contributed by atoms with Crippen molar-refractivity contribution in [2.24, 2.45) is 0 Å². The van der Waals surface area contributed by atoms with E-state index in [0.29, 0.717) is 0 Å². The van der Waals surface area contributed by atoms with E-state index >= 15 is 0 Å². The van der Waals surface area contributed by atoms with Crippen LogP contribution in [0, 0.1) is 0 Å². The number of nitrogens with one attached hydrogen (secondary N) is 1. The number of rotatable bonds is 2. The molecule has 0 radical (unpaired) electrons. The van der Waals surface area contributed by atoms with Gasteiger partial charge in [-0.2, -0.15) is 0 Å². The third kappa shape index (κ3) is 2.25.